The van der Waals surface area contributed by atoms with Crippen molar-refractivity contribution in [3.8, 4) is 11.3 Å². The van der Waals surface area contributed by atoms with Crippen LogP contribution < -0.4 is 5.32 Å². The summed E-state index contributed by atoms with van der Waals surface area (Å²) >= 11 is 0. The number of aromatic nitrogens is 2. The molecule has 0 fully saturated rings. The molecule has 2 rings (SSSR count). The van der Waals surface area contributed by atoms with Gasteiger partial charge in [-0.05, 0) is 6.42 Å². The predicted molar refractivity (Wildman–Crippen MR) is 77.3 cm³/mol. The van der Waals surface area contributed by atoms with Crippen molar-refractivity contribution in [2.24, 2.45) is 7.05 Å². The molecule has 0 radical (unpaired) electrons. The van der Waals surface area contributed by atoms with Crippen LogP contribution in [-0.4, -0.2) is 33.4 Å². The van der Waals surface area contributed by atoms with Gasteiger partial charge in [0.1, 0.15) is 0 Å². The number of hydrogen-bond donors (Lipinski definition) is 2. The van der Waals surface area contributed by atoms with Crippen molar-refractivity contribution < 1.29 is 9.90 Å². The van der Waals surface area contributed by atoms with Crippen LogP contribution in [0.3, 0.4) is 0 Å². The van der Waals surface area contributed by atoms with Crippen molar-refractivity contribution in [2.75, 3.05) is 6.61 Å². The molecule has 5 heteroatoms. The molecule has 1 aromatic heterocycles. The zero-order valence-electron chi connectivity index (χ0n) is 11.7. The zero-order valence-corrected chi connectivity index (χ0v) is 11.7. The first-order chi connectivity index (χ1) is 9.67. The molecular weight excluding hydrogens is 254 g/mol. The largest absolute Gasteiger partial charge is 0.394 e. The van der Waals surface area contributed by atoms with Gasteiger partial charge in [-0.15, -0.1) is 0 Å². The summed E-state index contributed by atoms with van der Waals surface area (Å²) in [6, 6.07) is 9.43. The highest BCUT2D eigenvalue weighted by Gasteiger charge is 2.19. The molecule has 0 bridgehead atoms. The van der Waals surface area contributed by atoms with E-state index in [0.29, 0.717) is 12.0 Å². The monoisotopic (exact) mass is 273 g/mol. The molecule has 2 N–H and O–H groups in total. The lowest BCUT2D eigenvalue weighted by atomic mass is 10.1. The maximum Gasteiger partial charge on any atom is 0.255 e. The van der Waals surface area contributed by atoms with Gasteiger partial charge in [0.05, 0.1) is 30.1 Å². The third kappa shape index (κ3) is 2.88. The maximum atomic E-state index is 12.3. The van der Waals surface area contributed by atoms with E-state index >= 15 is 0 Å². The van der Waals surface area contributed by atoms with E-state index in [4.69, 9.17) is 0 Å². The van der Waals surface area contributed by atoms with Crippen molar-refractivity contribution in [3.05, 3.63) is 42.1 Å². The summed E-state index contributed by atoms with van der Waals surface area (Å²) in [5.41, 5.74) is 2.23. The van der Waals surface area contributed by atoms with Gasteiger partial charge in [-0.25, -0.2) is 0 Å². The summed E-state index contributed by atoms with van der Waals surface area (Å²) < 4.78 is 1.68. The Morgan fingerprint density at radius 1 is 1.40 bits per heavy atom. The molecule has 5 nitrogen and oxygen atoms in total. The number of amides is 1. The Morgan fingerprint density at radius 2 is 2.10 bits per heavy atom. The van der Waals surface area contributed by atoms with Gasteiger partial charge < -0.3 is 10.4 Å². The molecule has 0 saturated carbocycles. The second-order valence-electron chi connectivity index (χ2n) is 4.66. The zero-order chi connectivity index (χ0) is 14.5. The standard InChI is InChI=1S/C15H19N3O2/c1-3-12(10-19)17-15(20)13-9-16-18(2)14(13)11-7-5-4-6-8-11/h4-9,12,19H,3,10H2,1-2H3,(H,17,20). The Kier molecular flexibility index (Phi) is 4.53. The number of carbonyl (C=O) groups excluding carboxylic acids is 1. The summed E-state index contributed by atoms with van der Waals surface area (Å²) in [6.07, 6.45) is 2.24. The van der Waals surface area contributed by atoms with Crippen LogP contribution in [0.2, 0.25) is 0 Å². The summed E-state index contributed by atoms with van der Waals surface area (Å²) in [7, 11) is 1.81. The molecule has 106 valence electrons. The van der Waals surface area contributed by atoms with Crippen LogP contribution in [0.4, 0.5) is 0 Å². The lowest BCUT2D eigenvalue weighted by molar-refractivity contribution is 0.0915. The van der Waals surface area contributed by atoms with E-state index in [1.165, 1.54) is 0 Å². The van der Waals surface area contributed by atoms with Gasteiger partial charge >= 0.3 is 0 Å². The Balaban J connectivity index is 2.32. The summed E-state index contributed by atoms with van der Waals surface area (Å²) in [6.45, 7) is 1.85. The van der Waals surface area contributed by atoms with Crippen molar-refractivity contribution in [3.63, 3.8) is 0 Å². The first kappa shape index (κ1) is 14.3. The number of rotatable bonds is 5. The number of aryl methyl sites for hydroxylation is 1. The Hall–Kier alpha value is -2.14. The summed E-state index contributed by atoms with van der Waals surface area (Å²) in [5, 5.41) is 16.2. The number of carbonyl (C=O) groups is 1. The Labute approximate surface area is 118 Å². The molecule has 0 spiro atoms. The predicted octanol–water partition coefficient (Wildman–Crippen LogP) is 1.59. The lowest BCUT2D eigenvalue weighted by Crippen LogP contribution is -2.37. The quantitative estimate of drug-likeness (QED) is 0.869. The second-order valence-corrected chi connectivity index (χ2v) is 4.66. The molecular formula is C15H19N3O2. The molecule has 1 amide bonds. The lowest BCUT2D eigenvalue weighted by Gasteiger charge is -2.14. The summed E-state index contributed by atoms with van der Waals surface area (Å²) in [4.78, 5) is 12.3. The number of hydrogen-bond acceptors (Lipinski definition) is 3. The summed E-state index contributed by atoms with van der Waals surface area (Å²) in [5.74, 6) is -0.210. The highest BCUT2D eigenvalue weighted by molar-refractivity contribution is 6.00. The van der Waals surface area contributed by atoms with Gasteiger partial charge in [0.15, 0.2) is 0 Å². The van der Waals surface area contributed by atoms with Gasteiger partial charge in [-0.2, -0.15) is 5.10 Å². The molecule has 20 heavy (non-hydrogen) atoms. The molecule has 1 heterocycles. The van der Waals surface area contributed by atoms with Crippen LogP contribution in [0.15, 0.2) is 36.5 Å². The fourth-order valence-electron chi connectivity index (χ4n) is 2.08. The molecule has 0 aliphatic rings. The van der Waals surface area contributed by atoms with Crippen LogP contribution in [-0.2, 0) is 7.05 Å². The fraction of sp³-hybridized carbons (Fsp3) is 0.333. The number of benzene rings is 1. The highest BCUT2D eigenvalue weighted by Crippen LogP contribution is 2.22. The SMILES string of the molecule is CCC(CO)NC(=O)c1cnn(C)c1-c1ccccc1. The van der Waals surface area contributed by atoms with Crippen molar-refractivity contribution in [2.45, 2.75) is 19.4 Å². The minimum Gasteiger partial charge on any atom is -0.394 e. The average Bonchev–Trinajstić information content (AvgIpc) is 2.87. The van der Waals surface area contributed by atoms with Crippen LogP contribution in [0, 0.1) is 0 Å². The van der Waals surface area contributed by atoms with E-state index in [2.05, 4.69) is 10.4 Å². The number of aliphatic hydroxyl groups excluding tert-OH is 1. The molecule has 1 atom stereocenters. The van der Waals surface area contributed by atoms with Crippen LogP contribution >= 0.6 is 0 Å². The second kappa shape index (κ2) is 6.34. The van der Waals surface area contributed by atoms with E-state index in [1.807, 2.05) is 44.3 Å². The van der Waals surface area contributed by atoms with E-state index in [0.717, 1.165) is 11.3 Å². The molecule has 0 aliphatic heterocycles. The molecule has 1 unspecified atom stereocenters. The Bertz CT molecular complexity index is 574. The molecule has 1 aromatic carbocycles. The van der Waals surface area contributed by atoms with Gasteiger partial charge in [-0.1, -0.05) is 37.3 Å². The van der Waals surface area contributed by atoms with E-state index in [-0.39, 0.29) is 18.6 Å². The molecule has 2 aromatic rings. The van der Waals surface area contributed by atoms with E-state index < -0.39 is 0 Å². The van der Waals surface area contributed by atoms with Gasteiger partial charge in [0, 0.05) is 12.6 Å². The normalized spacial score (nSPS) is 12.2. The first-order valence-corrected chi connectivity index (χ1v) is 6.66. The number of nitrogens with one attached hydrogen (secondary N) is 1. The number of aliphatic hydroxyl groups is 1. The Morgan fingerprint density at radius 3 is 2.70 bits per heavy atom. The van der Waals surface area contributed by atoms with Crippen molar-refractivity contribution >= 4 is 5.91 Å². The van der Waals surface area contributed by atoms with Gasteiger partial charge in [-0.3, -0.25) is 9.48 Å². The van der Waals surface area contributed by atoms with Crippen LogP contribution in [0.1, 0.15) is 23.7 Å². The van der Waals surface area contributed by atoms with Crippen molar-refractivity contribution in [1.29, 1.82) is 0 Å². The minimum absolute atomic E-state index is 0.0663. The van der Waals surface area contributed by atoms with Crippen LogP contribution in [0.25, 0.3) is 11.3 Å². The molecule has 0 aliphatic carbocycles. The van der Waals surface area contributed by atoms with Gasteiger partial charge in [0.2, 0.25) is 0 Å². The third-order valence-corrected chi connectivity index (χ3v) is 3.28. The van der Waals surface area contributed by atoms with Crippen molar-refractivity contribution in [1.82, 2.24) is 15.1 Å². The average molecular weight is 273 g/mol. The van der Waals surface area contributed by atoms with Gasteiger partial charge in [0.25, 0.3) is 5.91 Å². The maximum absolute atomic E-state index is 12.3. The van der Waals surface area contributed by atoms with E-state index in [9.17, 15) is 9.90 Å². The highest BCUT2D eigenvalue weighted by atomic mass is 16.3. The molecule has 0 saturated heterocycles. The third-order valence-electron chi connectivity index (χ3n) is 3.28. The minimum atomic E-state index is -0.230. The van der Waals surface area contributed by atoms with Crippen LogP contribution in [0.5, 0.6) is 0 Å². The fourth-order valence-corrected chi connectivity index (χ4v) is 2.08. The number of nitrogens with zero attached hydrogens (tertiary/aromatic N) is 2. The smallest absolute Gasteiger partial charge is 0.255 e. The topological polar surface area (TPSA) is 67.2 Å². The first-order valence-electron chi connectivity index (χ1n) is 6.66. The van der Waals surface area contributed by atoms with E-state index in [1.54, 1.807) is 10.9 Å².